The molecule has 0 aliphatic heterocycles. The van der Waals surface area contributed by atoms with Crippen LogP contribution in [0.2, 0.25) is 0 Å². The minimum absolute atomic E-state index is 0.00925. The molecule has 4 N–H and O–H groups in total. The van der Waals surface area contributed by atoms with Gasteiger partial charge in [0.05, 0.1) is 23.8 Å². The summed E-state index contributed by atoms with van der Waals surface area (Å²) in [4.78, 5) is 17.8. The predicted octanol–water partition coefficient (Wildman–Crippen LogP) is 2.73. The molecule has 5 rings (SSSR count). The van der Waals surface area contributed by atoms with Crippen molar-refractivity contribution in [2.75, 3.05) is 11.6 Å². The number of alkyl halides is 1. The van der Waals surface area contributed by atoms with Crippen molar-refractivity contribution >= 4 is 34.0 Å². The number of nitrogen functional groups attached to an aromatic ring is 1. The molecule has 1 aliphatic carbocycles. The number of nitrogens with two attached hydrogens (primary N) is 2. The molecule has 0 saturated heterocycles. The number of nitrogens with zero attached hydrogens (tertiary/aromatic N) is 6. The molecule has 0 unspecified atom stereocenters. The van der Waals surface area contributed by atoms with Gasteiger partial charge in [-0.1, -0.05) is 12.6 Å². The summed E-state index contributed by atoms with van der Waals surface area (Å²) in [6.07, 6.45) is 5.12. The molecule has 4 aromatic rings. The van der Waals surface area contributed by atoms with E-state index in [-0.39, 0.29) is 23.7 Å². The van der Waals surface area contributed by atoms with Gasteiger partial charge < -0.3 is 11.5 Å². The van der Waals surface area contributed by atoms with Gasteiger partial charge >= 0.3 is 0 Å². The first-order valence-corrected chi connectivity index (χ1v) is 11.0. The number of hydrogen-bond donors (Lipinski definition) is 2. The van der Waals surface area contributed by atoms with Crippen LogP contribution in [0.25, 0.3) is 27.9 Å². The Balaban J connectivity index is 1.63. The van der Waals surface area contributed by atoms with E-state index >= 15 is 0 Å². The maximum absolute atomic E-state index is 14.4. The predicted molar refractivity (Wildman–Crippen MR) is 125 cm³/mol. The van der Waals surface area contributed by atoms with Gasteiger partial charge in [0.15, 0.2) is 0 Å². The van der Waals surface area contributed by atoms with Gasteiger partial charge in [-0.2, -0.15) is 10.2 Å². The van der Waals surface area contributed by atoms with Gasteiger partial charge in [0.2, 0.25) is 0 Å². The van der Waals surface area contributed by atoms with Crippen LogP contribution < -0.4 is 17.0 Å². The zero-order chi connectivity index (χ0) is 23.3. The Morgan fingerprint density at radius 1 is 1.33 bits per heavy atom. The monoisotopic (exact) mass is 468 g/mol. The normalized spacial score (nSPS) is 13.6. The summed E-state index contributed by atoms with van der Waals surface area (Å²) in [7, 11) is 0. The highest BCUT2D eigenvalue weighted by Gasteiger charge is 2.30. The lowest BCUT2D eigenvalue weighted by atomic mass is 10.1. The average Bonchev–Trinajstić information content (AvgIpc) is 3.39. The highest BCUT2D eigenvalue weighted by Crippen LogP contribution is 2.36. The third kappa shape index (κ3) is 3.66. The maximum atomic E-state index is 14.4. The standard InChI is InChI=1S/C22H22ClFN8O/c1-12(25)18-20(13-9-27-30(10-13)8-7-23)29-31(21(18)26)11-17-28-16-4-2-3-15(24)19(16)22(33)32(17)14-5-6-14/h2-4,9-10,14H,1,5-8,11,25-26H2. The topological polar surface area (TPSA) is 123 Å². The van der Waals surface area contributed by atoms with E-state index in [1.807, 2.05) is 0 Å². The molecule has 9 nitrogen and oxygen atoms in total. The molecule has 3 aromatic heterocycles. The van der Waals surface area contributed by atoms with Crippen LogP contribution in [0, 0.1) is 5.82 Å². The van der Waals surface area contributed by atoms with E-state index in [1.165, 1.54) is 16.8 Å². The third-order valence-electron chi connectivity index (χ3n) is 5.69. The molecule has 1 aliphatic rings. The van der Waals surface area contributed by atoms with Gasteiger partial charge in [-0.25, -0.2) is 14.1 Å². The van der Waals surface area contributed by atoms with Gasteiger partial charge in [-0.15, -0.1) is 11.6 Å². The first-order chi connectivity index (χ1) is 15.9. The first-order valence-electron chi connectivity index (χ1n) is 10.5. The molecule has 0 spiro atoms. The van der Waals surface area contributed by atoms with Gasteiger partial charge in [0.1, 0.15) is 35.1 Å². The molecule has 1 aromatic carbocycles. The first kappa shape index (κ1) is 21.2. The number of fused-ring (bicyclic) bond motifs is 1. The van der Waals surface area contributed by atoms with Crippen LogP contribution in [0.3, 0.4) is 0 Å². The second-order valence-electron chi connectivity index (χ2n) is 8.04. The Hall–Kier alpha value is -3.66. The maximum Gasteiger partial charge on any atom is 0.264 e. The van der Waals surface area contributed by atoms with Crippen LogP contribution >= 0.6 is 11.6 Å². The van der Waals surface area contributed by atoms with Crippen molar-refractivity contribution in [3.63, 3.8) is 0 Å². The number of rotatable bonds is 7. The second kappa shape index (κ2) is 8.04. The zero-order valence-electron chi connectivity index (χ0n) is 17.7. The van der Waals surface area contributed by atoms with Crippen molar-refractivity contribution in [3.05, 3.63) is 64.7 Å². The Bertz CT molecular complexity index is 1450. The molecular formula is C22H22ClFN8O. The van der Waals surface area contributed by atoms with Gasteiger partial charge in [0, 0.05) is 29.4 Å². The average molecular weight is 469 g/mol. The van der Waals surface area contributed by atoms with Crippen molar-refractivity contribution in [3.8, 4) is 11.3 Å². The van der Waals surface area contributed by atoms with Crippen LogP contribution in [0.1, 0.15) is 30.3 Å². The molecule has 0 atom stereocenters. The number of anilines is 1. The molecule has 11 heteroatoms. The molecule has 1 fully saturated rings. The number of benzene rings is 1. The smallest absolute Gasteiger partial charge is 0.264 e. The summed E-state index contributed by atoms with van der Waals surface area (Å²) in [6.45, 7) is 4.49. The lowest BCUT2D eigenvalue weighted by molar-refractivity contribution is 0.577. The molecular weight excluding hydrogens is 447 g/mol. The fourth-order valence-electron chi connectivity index (χ4n) is 4.01. The van der Waals surface area contributed by atoms with E-state index in [0.29, 0.717) is 46.4 Å². The van der Waals surface area contributed by atoms with E-state index in [2.05, 4.69) is 21.8 Å². The molecule has 0 amide bonds. The van der Waals surface area contributed by atoms with Gasteiger partial charge in [0.25, 0.3) is 5.56 Å². The lowest BCUT2D eigenvalue weighted by Gasteiger charge is -2.14. The van der Waals surface area contributed by atoms with E-state index in [0.717, 1.165) is 12.8 Å². The summed E-state index contributed by atoms with van der Waals surface area (Å²) in [5.74, 6) is 0.579. The minimum Gasteiger partial charge on any atom is -0.399 e. The fraction of sp³-hybridized carbons (Fsp3) is 0.273. The van der Waals surface area contributed by atoms with E-state index in [1.54, 1.807) is 27.7 Å². The highest BCUT2D eigenvalue weighted by molar-refractivity contribution is 6.17. The quantitative estimate of drug-likeness (QED) is 0.402. The van der Waals surface area contributed by atoms with Crippen molar-refractivity contribution in [2.45, 2.75) is 32.0 Å². The van der Waals surface area contributed by atoms with E-state index < -0.39 is 11.4 Å². The van der Waals surface area contributed by atoms with Crippen LogP contribution in [0.15, 0.2) is 42.0 Å². The van der Waals surface area contributed by atoms with Gasteiger partial charge in [-0.3, -0.25) is 14.0 Å². The summed E-state index contributed by atoms with van der Waals surface area (Å²) < 4.78 is 19.2. The summed E-state index contributed by atoms with van der Waals surface area (Å²) >= 11 is 5.81. The van der Waals surface area contributed by atoms with Crippen molar-refractivity contribution in [2.24, 2.45) is 5.73 Å². The Morgan fingerprint density at radius 2 is 2.12 bits per heavy atom. The molecule has 0 radical (unpaired) electrons. The number of hydrogen-bond acceptors (Lipinski definition) is 6. The number of aromatic nitrogens is 6. The molecule has 33 heavy (non-hydrogen) atoms. The van der Waals surface area contributed by atoms with Crippen molar-refractivity contribution in [1.29, 1.82) is 0 Å². The SMILES string of the molecule is C=C(N)c1c(-c2cnn(CCCl)c2)nn(Cc2nc3cccc(F)c3c(=O)n2C2CC2)c1N. The van der Waals surface area contributed by atoms with Gasteiger partial charge in [-0.05, 0) is 25.0 Å². The largest absolute Gasteiger partial charge is 0.399 e. The van der Waals surface area contributed by atoms with Crippen LogP contribution in [0.4, 0.5) is 10.2 Å². The molecule has 1 saturated carbocycles. The minimum atomic E-state index is -0.581. The molecule has 170 valence electrons. The molecule has 3 heterocycles. The Kier molecular flexibility index (Phi) is 5.16. The Labute approximate surface area is 193 Å². The van der Waals surface area contributed by atoms with Crippen molar-refractivity contribution in [1.82, 2.24) is 29.1 Å². The fourth-order valence-corrected chi connectivity index (χ4v) is 4.19. The van der Waals surface area contributed by atoms with Crippen LogP contribution in [-0.2, 0) is 13.1 Å². The summed E-state index contributed by atoms with van der Waals surface area (Å²) in [6, 6.07) is 4.41. The van der Waals surface area contributed by atoms with E-state index in [9.17, 15) is 9.18 Å². The zero-order valence-corrected chi connectivity index (χ0v) is 18.5. The third-order valence-corrected chi connectivity index (χ3v) is 5.86. The lowest BCUT2D eigenvalue weighted by Crippen LogP contribution is -2.27. The van der Waals surface area contributed by atoms with Crippen molar-refractivity contribution < 1.29 is 4.39 Å². The second-order valence-corrected chi connectivity index (χ2v) is 8.42. The van der Waals surface area contributed by atoms with E-state index in [4.69, 9.17) is 23.1 Å². The summed E-state index contributed by atoms with van der Waals surface area (Å²) in [5, 5.41) is 8.93. The number of aryl methyl sites for hydroxylation is 1. The highest BCUT2D eigenvalue weighted by atomic mass is 35.5. The van der Waals surface area contributed by atoms with Crippen LogP contribution in [0.5, 0.6) is 0 Å². The Morgan fingerprint density at radius 3 is 2.82 bits per heavy atom. The number of halogens is 2. The summed E-state index contributed by atoms with van der Waals surface area (Å²) in [5.41, 5.74) is 14.3. The van der Waals surface area contributed by atoms with Crippen LogP contribution in [-0.4, -0.2) is 35.0 Å². The molecule has 0 bridgehead atoms.